The summed E-state index contributed by atoms with van der Waals surface area (Å²) in [6.07, 6.45) is 1.99. The highest BCUT2D eigenvalue weighted by Crippen LogP contribution is 2.31. The van der Waals surface area contributed by atoms with E-state index in [0.29, 0.717) is 13.2 Å². The van der Waals surface area contributed by atoms with Crippen molar-refractivity contribution in [2.24, 2.45) is 0 Å². The van der Waals surface area contributed by atoms with Gasteiger partial charge >= 0.3 is 0 Å². The minimum absolute atomic E-state index is 0.0921. The number of morpholine rings is 1. The molecule has 1 aromatic carbocycles. The first-order valence-corrected chi connectivity index (χ1v) is 9.07. The second-order valence-electron chi connectivity index (χ2n) is 6.61. The Morgan fingerprint density at radius 1 is 1.17 bits per heavy atom. The zero-order chi connectivity index (χ0) is 16.8. The minimum atomic E-state index is -0.0921. The smallest absolute Gasteiger partial charge is 0.161 e. The molecule has 2 aliphatic rings. The van der Waals surface area contributed by atoms with Crippen LogP contribution in [0.15, 0.2) is 18.2 Å². The van der Waals surface area contributed by atoms with Crippen LogP contribution in [0.25, 0.3) is 0 Å². The van der Waals surface area contributed by atoms with Gasteiger partial charge in [-0.2, -0.15) is 0 Å². The van der Waals surface area contributed by atoms with Gasteiger partial charge in [-0.1, -0.05) is 13.0 Å². The summed E-state index contributed by atoms with van der Waals surface area (Å²) in [4.78, 5) is 2.45. The molecule has 0 N–H and O–H groups in total. The molecule has 1 spiro atoms. The summed E-state index contributed by atoms with van der Waals surface area (Å²) in [5.74, 6) is 1.68. The molecular weight excluding hydrogens is 306 g/mol. The predicted molar refractivity (Wildman–Crippen MR) is 92.8 cm³/mol. The van der Waals surface area contributed by atoms with E-state index in [1.807, 2.05) is 13.0 Å². The standard InChI is InChI=1S/C19H29NO4/c1-3-9-23-17-6-5-16(12-18(17)22-4-2)13-20-8-11-24-19(14-20)7-10-21-15-19/h5-6,12H,3-4,7-11,13-15H2,1-2H3/t19-/m1/s1. The van der Waals surface area contributed by atoms with Crippen molar-refractivity contribution in [3.05, 3.63) is 23.8 Å². The first-order chi connectivity index (χ1) is 11.7. The van der Waals surface area contributed by atoms with Crippen LogP contribution >= 0.6 is 0 Å². The summed E-state index contributed by atoms with van der Waals surface area (Å²) in [6.45, 7) is 10.6. The van der Waals surface area contributed by atoms with E-state index in [0.717, 1.165) is 63.8 Å². The minimum Gasteiger partial charge on any atom is -0.490 e. The third-order valence-corrected chi connectivity index (χ3v) is 4.57. The molecule has 0 bridgehead atoms. The van der Waals surface area contributed by atoms with Gasteiger partial charge in [0.2, 0.25) is 0 Å². The molecule has 134 valence electrons. The molecule has 5 nitrogen and oxygen atoms in total. The molecule has 2 fully saturated rings. The Morgan fingerprint density at radius 3 is 2.83 bits per heavy atom. The zero-order valence-electron chi connectivity index (χ0n) is 14.9. The molecule has 0 aromatic heterocycles. The fourth-order valence-corrected chi connectivity index (χ4v) is 3.39. The maximum absolute atomic E-state index is 6.01. The Kier molecular flexibility index (Phi) is 5.98. The van der Waals surface area contributed by atoms with Gasteiger partial charge in [0.25, 0.3) is 0 Å². The third-order valence-electron chi connectivity index (χ3n) is 4.57. The Bertz CT molecular complexity index is 528. The molecule has 0 aliphatic carbocycles. The lowest BCUT2D eigenvalue weighted by atomic mass is 10.0. The quantitative estimate of drug-likeness (QED) is 0.766. The van der Waals surface area contributed by atoms with Gasteiger partial charge in [0.15, 0.2) is 11.5 Å². The number of benzene rings is 1. The fourth-order valence-electron chi connectivity index (χ4n) is 3.39. The van der Waals surface area contributed by atoms with Crippen LogP contribution in [-0.2, 0) is 16.0 Å². The van der Waals surface area contributed by atoms with Crippen LogP contribution in [0.5, 0.6) is 11.5 Å². The second-order valence-corrected chi connectivity index (χ2v) is 6.61. The summed E-state index contributed by atoms with van der Waals surface area (Å²) < 4.78 is 23.1. The van der Waals surface area contributed by atoms with Crippen molar-refractivity contribution in [3.63, 3.8) is 0 Å². The molecule has 1 aromatic rings. The van der Waals surface area contributed by atoms with Crippen LogP contribution in [0.3, 0.4) is 0 Å². The molecule has 5 heteroatoms. The van der Waals surface area contributed by atoms with E-state index in [9.17, 15) is 0 Å². The van der Waals surface area contributed by atoms with Crippen LogP contribution < -0.4 is 9.47 Å². The van der Waals surface area contributed by atoms with Crippen LogP contribution in [0.1, 0.15) is 32.3 Å². The lowest BCUT2D eigenvalue weighted by molar-refractivity contribution is -0.111. The summed E-state index contributed by atoms with van der Waals surface area (Å²) >= 11 is 0. The van der Waals surface area contributed by atoms with Gasteiger partial charge in [0.1, 0.15) is 5.60 Å². The Labute approximate surface area is 144 Å². The number of hydrogen-bond donors (Lipinski definition) is 0. The molecule has 2 aliphatic heterocycles. The summed E-state index contributed by atoms with van der Waals surface area (Å²) in [6, 6.07) is 6.29. The summed E-state index contributed by atoms with van der Waals surface area (Å²) in [5.41, 5.74) is 1.16. The van der Waals surface area contributed by atoms with Crippen molar-refractivity contribution in [2.75, 3.05) is 46.1 Å². The average molecular weight is 335 g/mol. The molecule has 0 amide bonds. The SMILES string of the molecule is CCCOc1ccc(CN2CCO[C@]3(CCOC3)C2)cc1OCC. The predicted octanol–water partition coefficient (Wildman–Crippen LogP) is 2.87. The molecule has 0 unspecified atom stereocenters. The van der Waals surface area contributed by atoms with E-state index in [1.165, 1.54) is 5.56 Å². The van der Waals surface area contributed by atoms with Gasteiger partial charge in [-0.15, -0.1) is 0 Å². The molecular formula is C19H29NO4. The number of ether oxygens (including phenoxy) is 4. The lowest BCUT2D eigenvalue weighted by Crippen LogP contribution is -2.51. The van der Waals surface area contributed by atoms with Crippen molar-refractivity contribution in [2.45, 2.75) is 38.8 Å². The third kappa shape index (κ3) is 4.21. The Hall–Kier alpha value is -1.30. The monoisotopic (exact) mass is 335 g/mol. The van der Waals surface area contributed by atoms with Gasteiger partial charge < -0.3 is 18.9 Å². The first kappa shape index (κ1) is 17.5. The maximum Gasteiger partial charge on any atom is 0.161 e. The topological polar surface area (TPSA) is 40.2 Å². The Morgan fingerprint density at radius 2 is 2.08 bits per heavy atom. The van der Waals surface area contributed by atoms with E-state index < -0.39 is 0 Å². The van der Waals surface area contributed by atoms with Gasteiger partial charge in [-0.3, -0.25) is 4.90 Å². The molecule has 3 rings (SSSR count). The summed E-state index contributed by atoms with van der Waals surface area (Å²) in [5, 5.41) is 0. The molecule has 2 heterocycles. The molecule has 24 heavy (non-hydrogen) atoms. The lowest BCUT2D eigenvalue weighted by Gasteiger charge is -2.39. The van der Waals surface area contributed by atoms with Gasteiger partial charge in [-0.05, 0) is 31.0 Å². The van der Waals surface area contributed by atoms with Crippen LogP contribution in [0.4, 0.5) is 0 Å². The van der Waals surface area contributed by atoms with Crippen LogP contribution in [0.2, 0.25) is 0 Å². The normalized spacial score (nSPS) is 24.4. The van der Waals surface area contributed by atoms with Crippen molar-refractivity contribution in [1.82, 2.24) is 4.90 Å². The van der Waals surface area contributed by atoms with E-state index >= 15 is 0 Å². The largest absolute Gasteiger partial charge is 0.490 e. The van der Waals surface area contributed by atoms with Gasteiger partial charge in [0, 0.05) is 32.7 Å². The molecule has 2 saturated heterocycles. The van der Waals surface area contributed by atoms with E-state index in [2.05, 4.69) is 24.0 Å². The van der Waals surface area contributed by atoms with Gasteiger partial charge in [0.05, 0.1) is 26.4 Å². The maximum atomic E-state index is 6.01. The van der Waals surface area contributed by atoms with Crippen molar-refractivity contribution < 1.29 is 18.9 Å². The van der Waals surface area contributed by atoms with E-state index in [1.54, 1.807) is 0 Å². The highest BCUT2D eigenvalue weighted by molar-refractivity contribution is 5.43. The van der Waals surface area contributed by atoms with E-state index in [4.69, 9.17) is 18.9 Å². The van der Waals surface area contributed by atoms with Gasteiger partial charge in [-0.25, -0.2) is 0 Å². The van der Waals surface area contributed by atoms with Crippen molar-refractivity contribution in [3.8, 4) is 11.5 Å². The van der Waals surface area contributed by atoms with Crippen LogP contribution in [-0.4, -0.2) is 56.6 Å². The fraction of sp³-hybridized carbons (Fsp3) is 0.684. The number of hydrogen-bond acceptors (Lipinski definition) is 5. The first-order valence-electron chi connectivity index (χ1n) is 9.07. The van der Waals surface area contributed by atoms with Crippen molar-refractivity contribution in [1.29, 1.82) is 0 Å². The zero-order valence-corrected chi connectivity index (χ0v) is 14.9. The molecule has 0 saturated carbocycles. The Balaban J connectivity index is 1.66. The highest BCUT2D eigenvalue weighted by Gasteiger charge is 2.40. The number of nitrogens with zero attached hydrogens (tertiary/aromatic N) is 1. The highest BCUT2D eigenvalue weighted by atomic mass is 16.6. The second kappa shape index (κ2) is 8.19. The molecule has 0 radical (unpaired) electrons. The summed E-state index contributed by atoms with van der Waals surface area (Å²) in [7, 11) is 0. The van der Waals surface area contributed by atoms with Crippen LogP contribution in [0, 0.1) is 0 Å². The van der Waals surface area contributed by atoms with Crippen molar-refractivity contribution >= 4 is 0 Å². The molecule has 1 atom stereocenters. The number of rotatable bonds is 7. The van der Waals surface area contributed by atoms with E-state index in [-0.39, 0.29) is 5.60 Å². The average Bonchev–Trinajstić information content (AvgIpc) is 3.02.